The first-order chi connectivity index (χ1) is 9.20. The number of pyridine rings is 1. The molecule has 1 aromatic carbocycles. The number of aldehydes is 1. The van der Waals surface area contributed by atoms with Gasteiger partial charge >= 0.3 is 5.69 Å². The summed E-state index contributed by atoms with van der Waals surface area (Å²) in [6, 6.07) is 7.48. The van der Waals surface area contributed by atoms with Gasteiger partial charge in [0, 0.05) is 24.0 Å². The van der Waals surface area contributed by atoms with Crippen molar-refractivity contribution in [1.29, 1.82) is 0 Å². The largest absolute Gasteiger partial charge is 0.482 e. The zero-order chi connectivity index (χ0) is 13.7. The summed E-state index contributed by atoms with van der Waals surface area (Å²) in [7, 11) is 0. The van der Waals surface area contributed by atoms with Gasteiger partial charge in [-0.2, -0.15) is 0 Å². The number of benzene rings is 1. The lowest BCUT2D eigenvalue weighted by molar-refractivity contribution is -0.385. The first-order valence-electron chi connectivity index (χ1n) is 5.46. The number of carbonyl (C=O) groups excluding carboxylic acids is 1. The van der Waals surface area contributed by atoms with Crippen LogP contribution in [0.1, 0.15) is 15.9 Å². The molecule has 1 heterocycles. The van der Waals surface area contributed by atoms with E-state index in [4.69, 9.17) is 4.74 Å². The number of hydrogen-bond acceptors (Lipinski definition) is 5. The van der Waals surface area contributed by atoms with Crippen LogP contribution in [0.15, 0.2) is 42.7 Å². The van der Waals surface area contributed by atoms with Gasteiger partial charge in [0.25, 0.3) is 0 Å². The summed E-state index contributed by atoms with van der Waals surface area (Å²) in [6.45, 7) is 0.172. The number of ether oxygens (including phenoxy) is 1. The Morgan fingerprint density at radius 3 is 2.63 bits per heavy atom. The maximum absolute atomic E-state index is 10.9. The number of nitro groups is 1. The molecule has 0 aliphatic rings. The highest BCUT2D eigenvalue weighted by Gasteiger charge is 2.15. The molecule has 0 unspecified atom stereocenters. The molecule has 1 aromatic heterocycles. The van der Waals surface area contributed by atoms with E-state index in [2.05, 4.69) is 4.98 Å². The van der Waals surface area contributed by atoms with E-state index < -0.39 is 4.92 Å². The predicted molar refractivity (Wildman–Crippen MR) is 67.1 cm³/mol. The lowest BCUT2D eigenvalue weighted by Gasteiger charge is -2.07. The van der Waals surface area contributed by atoms with Crippen LogP contribution in [0, 0.1) is 10.1 Å². The predicted octanol–water partition coefficient (Wildman–Crippen LogP) is 2.38. The Morgan fingerprint density at radius 1 is 1.26 bits per heavy atom. The molecule has 0 aliphatic heterocycles. The van der Waals surface area contributed by atoms with E-state index in [1.165, 1.54) is 18.2 Å². The highest BCUT2D eigenvalue weighted by Crippen LogP contribution is 2.28. The minimum atomic E-state index is -0.545. The fourth-order valence-electron chi connectivity index (χ4n) is 1.51. The summed E-state index contributed by atoms with van der Waals surface area (Å²) >= 11 is 0. The average Bonchev–Trinajstić information content (AvgIpc) is 2.45. The highest BCUT2D eigenvalue weighted by atomic mass is 16.6. The number of carbonyl (C=O) groups is 1. The van der Waals surface area contributed by atoms with E-state index >= 15 is 0 Å². The zero-order valence-electron chi connectivity index (χ0n) is 9.85. The van der Waals surface area contributed by atoms with Crippen molar-refractivity contribution >= 4 is 12.0 Å². The van der Waals surface area contributed by atoms with Crippen molar-refractivity contribution in [3.8, 4) is 5.75 Å². The molecular formula is C13H10N2O4. The second-order valence-corrected chi connectivity index (χ2v) is 3.75. The zero-order valence-corrected chi connectivity index (χ0v) is 9.85. The summed E-state index contributed by atoms with van der Waals surface area (Å²) in [5, 5.41) is 10.9. The number of nitro benzene ring substituents is 1. The Morgan fingerprint density at radius 2 is 2.00 bits per heavy atom. The quantitative estimate of drug-likeness (QED) is 0.467. The van der Waals surface area contributed by atoms with Gasteiger partial charge < -0.3 is 4.74 Å². The smallest absolute Gasteiger partial charge is 0.310 e. The summed E-state index contributed by atoms with van der Waals surface area (Å²) in [6.07, 6.45) is 3.83. The van der Waals surface area contributed by atoms with E-state index in [9.17, 15) is 14.9 Å². The Bertz CT molecular complexity index is 599. The summed E-state index contributed by atoms with van der Waals surface area (Å²) in [4.78, 5) is 24.9. The third-order valence-electron chi connectivity index (χ3n) is 2.46. The highest BCUT2D eigenvalue weighted by molar-refractivity contribution is 5.76. The number of hydrogen-bond donors (Lipinski definition) is 0. The third kappa shape index (κ3) is 3.12. The lowest BCUT2D eigenvalue weighted by atomic mass is 10.2. The second kappa shape index (κ2) is 5.72. The van der Waals surface area contributed by atoms with E-state index in [0.29, 0.717) is 11.8 Å². The summed E-state index contributed by atoms with van der Waals surface area (Å²) < 4.78 is 5.40. The first kappa shape index (κ1) is 12.7. The van der Waals surface area contributed by atoms with Crippen molar-refractivity contribution in [3.05, 3.63) is 64.0 Å². The van der Waals surface area contributed by atoms with Gasteiger partial charge in [-0.1, -0.05) is 0 Å². The van der Waals surface area contributed by atoms with E-state index in [1.54, 1.807) is 24.5 Å². The van der Waals surface area contributed by atoms with Crippen molar-refractivity contribution in [2.24, 2.45) is 0 Å². The molecule has 0 aliphatic carbocycles. The SMILES string of the molecule is O=Cc1ccc([N+](=O)[O-])c(OCc2ccncc2)c1. The second-order valence-electron chi connectivity index (χ2n) is 3.75. The number of rotatable bonds is 5. The van der Waals surface area contributed by atoms with Crippen LogP contribution in [-0.4, -0.2) is 16.2 Å². The molecule has 6 nitrogen and oxygen atoms in total. The van der Waals surface area contributed by atoms with Crippen LogP contribution in [0.5, 0.6) is 5.75 Å². The van der Waals surface area contributed by atoms with Crippen molar-refractivity contribution in [2.45, 2.75) is 6.61 Å². The number of aromatic nitrogens is 1. The molecule has 2 aromatic rings. The van der Waals surface area contributed by atoms with Crippen LogP contribution >= 0.6 is 0 Å². The van der Waals surface area contributed by atoms with Crippen LogP contribution < -0.4 is 4.74 Å². The topological polar surface area (TPSA) is 82.3 Å². The van der Waals surface area contributed by atoms with Crippen LogP contribution in [-0.2, 0) is 6.61 Å². The van der Waals surface area contributed by atoms with E-state index in [-0.39, 0.29) is 18.0 Å². The molecule has 0 saturated heterocycles. The summed E-state index contributed by atoms with van der Waals surface area (Å²) in [5.41, 5.74) is 0.996. The maximum Gasteiger partial charge on any atom is 0.310 e. The van der Waals surface area contributed by atoms with Crippen LogP contribution in [0.2, 0.25) is 0 Å². The minimum Gasteiger partial charge on any atom is -0.482 e. The molecule has 2 rings (SSSR count). The Labute approximate surface area is 108 Å². The van der Waals surface area contributed by atoms with E-state index in [0.717, 1.165) is 5.56 Å². The van der Waals surface area contributed by atoms with Crippen LogP contribution in [0.3, 0.4) is 0 Å². The molecule has 0 N–H and O–H groups in total. The van der Waals surface area contributed by atoms with E-state index in [1.807, 2.05) is 0 Å². The number of nitrogens with zero attached hydrogens (tertiary/aromatic N) is 2. The maximum atomic E-state index is 10.9. The fraction of sp³-hybridized carbons (Fsp3) is 0.0769. The van der Waals surface area contributed by atoms with Crippen molar-refractivity contribution in [1.82, 2.24) is 4.98 Å². The molecular weight excluding hydrogens is 248 g/mol. The molecule has 19 heavy (non-hydrogen) atoms. The van der Waals surface area contributed by atoms with Gasteiger partial charge in [0.2, 0.25) is 0 Å². The Hall–Kier alpha value is -2.76. The standard InChI is InChI=1S/C13H10N2O4/c16-8-11-1-2-12(15(17)18)13(7-11)19-9-10-3-5-14-6-4-10/h1-8H,9H2. The van der Waals surface area contributed by atoms with Gasteiger partial charge in [0.1, 0.15) is 12.9 Å². The van der Waals surface area contributed by atoms with Crippen molar-refractivity contribution < 1.29 is 14.5 Å². The van der Waals surface area contributed by atoms with Gasteiger partial charge in [0.15, 0.2) is 5.75 Å². The molecule has 0 spiro atoms. The van der Waals surface area contributed by atoms with Crippen molar-refractivity contribution in [3.63, 3.8) is 0 Å². The molecule has 96 valence electrons. The molecule has 0 saturated carbocycles. The fourth-order valence-corrected chi connectivity index (χ4v) is 1.51. The molecule has 0 amide bonds. The average molecular weight is 258 g/mol. The lowest BCUT2D eigenvalue weighted by Crippen LogP contribution is -2.00. The Kier molecular flexibility index (Phi) is 3.82. The Balaban J connectivity index is 2.22. The van der Waals surface area contributed by atoms with Crippen LogP contribution in [0.25, 0.3) is 0 Å². The monoisotopic (exact) mass is 258 g/mol. The van der Waals surface area contributed by atoms with Gasteiger partial charge in [-0.25, -0.2) is 0 Å². The normalized spacial score (nSPS) is 9.89. The van der Waals surface area contributed by atoms with Crippen LogP contribution in [0.4, 0.5) is 5.69 Å². The van der Waals surface area contributed by atoms with Gasteiger partial charge in [-0.3, -0.25) is 19.9 Å². The minimum absolute atomic E-state index is 0.0754. The molecule has 0 bridgehead atoms. The van der Waals surface area contributed by atoms with Gasteiger partial charge in [0.05, 0.1) is 4.92 Å². The molecule has 6 heteroatoms. The molecule has 0 fully saturated rings. The third-order valence-corrected chi connectivity index (χ3v) is 2.46. The first-order valence-corrected chi connectivity index (χ1v) is 5.46. The molecule has 0 radical (unpaired) electrons. The van der Waals surface area contributed by atoms with Gasteiger partial charge in [-0.15, -0.1) is 0 Å². The van der Waals surface area contributed by atoms with Gasteiger partial charge in [-0.05, 0) is 29.8 Å². The summed E-state index contributed by atoms with van der Waals surface area (Å²) in [5.74, 6) is 0.0754. The molecule has 0 atom stereocenters. The van der Waals surface area contributed by atoms with Crippen molar-refractivity contribution in [2.75, 3.05) is 0 Å².